The number of azide groups is 1. The fraction of sp³-hybridized carbons (Fsp3) is 0.500. The van der Waals surface area contributed by atoms with Crippen LogP contribution in [0.25, 0.3) is 10.4 Å². The van der Waals surface area contributed by atoms with Crippen LogP contribution >= 0.6 is 34.8 Å². The molecule has 0 aliphatic carbocycles. The third-order valence-corrected chi connectivity index (χ3v) is 0.969. The maximum absolute atomic E-state index is 10.5. The summed E-state index contributed by atoms with van der Waals surface area (Å²) in [5.74, 6) is -0.990. The average Bonchev–Trinajstić information content (AvgIpc) is 1.80. The fourth-order valence-electron chi connectivity index (χ4n) is 0.131. The molecule has 0 heterocycles. The van der Waals surface area contributed by atoms with Gasteiger partial charge in [-0.25, -0.2) is 4.79 Å². The van der Waals surface area contributed by atoms with Gasteiger partial charge in [-0.15, -0.1) is 5.53 Å². The lowest BCUT2D eigenvalue weighted by atomic mass is 10.7. The minimum Gasteiger partial charge on any atom is -0.241 e. The first-order chi connectivity index (χ1) is 4.48. The summed E-state index contributed by atoms with van der Waals surface area (Å²) in [6.07, 6.45) is 0. The number of amides is 1. The Morgan fingerprint density at radius 1 is 1.60 bits per heavy atom. The predicted molar refractivity (Wildman–Crippen MR) is 37.6 cm³/mol. The molecule has 0 unspecified atom stereocenters. The topological polar surface area (TPSA) is 77.9 Å². The third-order valence-electron chi connectivity index (χ3n) is 0.454. The number of halogens is 3. The number of rotatable bonds is 1. The zero-order chi connectivity index (χ0) is 8.20. The van der Waals surface area contributed by atoms with E-state index in [1.165, 1.54) is 0 Å². The van der Waals surface area contributed by atoms with Crippen molar-refractivity contribution in [3.63, 3.8) is 0 Å². The molecule has 0 aromatic heterocycles. The van der Waals surface area contributed by atoms with Crippen LogP contribution in [-0.2, 0) is 4.79 Å². The van der Waals surface area contributed by atoms with Crippen molar-refractivity contribution in [2.24, 2.45) is 5.22 Å². The highest BCUT2D eigenvalue weighted by Crippen LogP contribution is 2.25. The Labute approximate surface area is 70.8 Å². The molecule has 0 bridgehead atoms. The molecule has 1 amide bonds. The second kappa shape index (κ2) is 3.73. The van der Waals surface area contributed by atoms with Gasteiger partial charge in [0.25, 0.3) is 3.79 Å². The summed E-state index contributed by atoms with van der Waals surface area (Å²) in [6.45, 7) is 0. The molecule has 0 atom stereocenters. The molecule has 0 aliphatic rings. The van der Waals surface area contributed by atoms with Gasteiger partial charge >= 0.3 is 5.91 Å². The molecule has 0 radical (unpaired) electrons. The molecule has 0 fully saturated rings. The Kier molecular flexibility index (Phi) is 3.60. The van der Waals surface area contributed by atoms with Crippen molar-refractivity contribution >= 4 is 40.7 Å². The number of hydrogen-bond donors (Lipinski definition) is 1. The lowest BCUT2D eigenvalue weighted by molar-refractivity contribution is -0.120. The number of carbonyl (C=O) groups excluding carboxylic acids is 1. The Hall–Kier alpha value is -0.350. The van der Waals surface area contributed by atoms with E-state index in [1.807, 2.05) is 0 Å². The van der Waals surface area contributed by atoms with E-state index in [1.54, 1.807) is 5.43 Å². The normalized spacial score (nSPS) is 9.90. The first-order valence-electron chi connectivity index (χ1n) is 1.89. The van der Waals surface area contributed by atoms with Crippen molar-refractivity contribution in [2.75, 3.05) is 0 Å². The monoisotopic (exact) mass is 202 g/mol. The van der Waals surface area contributed by atoms with Gasteiger partial charge in [-0.1, -0.05) is 34.8 Å². The molecule has 5 nitrogen and oxygen atoms in total. The summed E-state index contributed by atoms with van der Waals surface area (Å²) in [6, 6.07) is 0. The standard InChI is InChI=1S/C2HCl3N4O/c3-2(4,5)1(10)7-9-8-6/h(H,7,10). The number of nitrogens with zero attached hydrogens (tertiary/aromatic N) is 3. The van der Waals surface area contributed by atoms with Crippen LogP contribution in [0.2, 0.25) is 0 Å². The molecule has 0 rings (SSSR count). The smallest absolute Gasteiger partial charge is 0.241 e. The van der Waals surface area contributed by atoms with E-state index in [0.717, 1.165) is 0 Å². The van der Waals surface area contributed by atoms with Crippen molar-refractivity contribution in [3.05, 3.63) is 10.4 Å². The molecule has 1 N–H and O–H groups in total. The van der Waals surface area contributed by atoms with Gasteiger partial charge in [0.2, 0.25) is 0 Å². The number of carbonyl (C=O) groups is 1. The zero-order valence-electron chi connectivity index (χ0n) is 4.38. The summed E-state index contributed by atoms with van der Waals surface area (Å²) in [7, 11) is 0. The Morgan fingerprint density at radius 3 is 2.40 bits per heavy atom. The second-order valence-electron chi connectivity index (χ2n) is 1.13. The fourth-order valence-corrected chi connectivity index (χ4v) is 0.258. The van der Waals surface area contributed by atoms with Gasteiger partial charge in [0, 0.05) is 0 Å². The highest BCUT2D eigenvalue weighted by molar-refractivity contribution is 6.76. The molecule has 0 saturated carbocycles. The first-order valence-corrected chi connectivity index (χ1v) is 3.03. The van der Waals surface area contributed by atoms with E-state index < -0.39 is 9.70 Å². The largest absolute Gasteiger partial charge is 0.362 e. The van der Waals surface area contributed by atoms with Crippen LogP contribution in [0.4, 0.5) is 0 Å². The van der Waals surface area contributed by atoms with Crippen molar-refractivity contribution in [1.29, 1.82) is 0 Å². The summed E-state index contributed by atoms with van der Waals surface area (Å²) < 4.78 is -2.09. The molecular weight excluding hydrogens is 202 g/mol. The van der Waals surface area contributed by atoms with Gasteiger partial charge < -0.3 is 0 Å². The minimum atomic E-state index is -2.09. The Bertz CT molecular complexity index is 179. The van der Waals surface area contributed by atoms with Crippen molar-refractivity contribution < 1.29 is 4.79 Å². The highest BCUT2D eigenvalue weighted by atomic mass is 35.6. The van der Waals surface area contributed by atoms with E-state index in [4.69, 9.17) is 40.3 Å². The van der Waals surface area contributed by atoms with E-state index in [-0.39, 0.29) is 0 Å². The maximum atomic E-state index is 10.5. The van der Waals surface area contributed by atoms with Crippen molar-refractivity contribution in [3.8, 4) is 0 Å². The molecule has 10 heavy (non-hydrogen) atoms. The summed E-state index contributed by atoms with van der Waals surface area (Å²) in [5.41, 5.74) is 9.34. The molecule has 56 valence electrons. The maximum Gasteiger partial charge on any atom is 0.362 e. The minimum absolute atomic E-state index is 0.990. The van der Waals surface area contributed by atoms with E-state index in [2.05, 4.69) is 10.1 Å². The third kappa shape index (κ3) is 3.63. The van der Waals surface area contributed by atoms with E-state index >= 15 is 0 Å². The lowest BCUT2D eigenvalue weighted by Gasteiger charge is -2.02. The van der Waals surface area contributed by atoms with Gasteiger partial charge in [0.15, 0.2) is 0 Å². The van der Waals surface area contributed by atoms with Crippen LogP contribution in [0.1, 0.15) is 0 Å². The van der Waals surface area contributed by atoms with Crippen molar-refractivity contribution in [1.82, 2.24) is 5.43 Å². The van der Waals surface area contributed by atoms with Crippen LogP contribution in [0.5, 0.6) is 0 Å². The second-order valence-corrected chi connectivity index (χ2v) is 3.41. The SMILES string of the molecule is [N-]=[N+]=NNC(=O)C(Cl)(Cl)Cl. The Balaban J connectivity index is 3.98. The van der Waals surface area contributed by atoms with Crippen LogP contribution in [0, 0.1) is 0 Å². The molecule has 8 heteroatoms. The van der Waals surface area contributed by atoms with Gasteiger partial charge in [0.05, 0.1) is 0 Å². The quantitative estimate of drug-likeness (QED) is 0.227. The molecule has 0 saturated heterocycles. The van der Waals surface area contributed by atoms with Gasteiger partial charge in [-0.05, 0) is 5.22 Å². The Morgan fingerprint density at radius 2 is 2.10 bits per heavy atom. The molecule has 0 aliphatic heterocycles. The molecule has 0 spiro atoms. The highest BCUT2D eigenvalue weighted by Gasteiger charge is 2.33. The van der Waals surface area contributed by atoms with Crippen molar-refractivity contribution in [2.45, 2.75) is 3.79 Å². The van der Waals surface area contributed by atoms with Crippen LogP contribution < -0.4 is 5.43 Å². The van der Waals surface area contributed by atoms with Crippen LogP contribution in [-0.4, -0.2) is 9.70 Å². The molecule has 0 aromatic carbocycles. The first kappa shape index (κ1) is 9.65. The molecule has 0 aromatic rings. The zero-order valence-corrected chi connectivity index (χ0v) is 6.65. The number of alkyl halides is 3. The predicted octanol–water partition coefficient (Wildman–Crippen LogP) is 1.70. The van der Waals surface area contributed by atoms with Crippen LogP contribution in [0.15, 0.2) is 5.22 Å². The van der Waals surface area contributed by atoms with Gasteiger partial charge in [0.1, 0.15) is 0 Å². The molecular formula is C2HCl3N4O. The van der Waals surface area contributed by atoms with Gasteiger partial charge in [-0.2, -0.15) is 10.3 Å². The van der Waals surface area contributed by atoms with Crippen LogP contribution in [0.3, 0.4) is 0 Å². The summed E-state index contributed by atoms with van der Waals surface area (Å²) >= 11 is 15.2. The average molecular weight is 203 g/mol. The van der Waals surface area contributed by atoms with E-state index in [0.29, 0.717) is 0 Å². The number of nitrogens with one attached hydrogen (secondary N) is 1. The van der Waals surface area contributed by atoms with Gasteiger partial charge in [-0.3, -0.25) is 0 Å². The summed E-state index contributed by atoms with van der Waals surface area (Å²) in [4.78, 5) is 12.7. The van der Waals surface area contributed by atoms with E-state index in [9.17, 15) is 4.79 Å². The summed E-state index contributed by atoms with van der Waals surface area (Å²) in [5, 5.41) is 2.67. The lowest BCUT2D eigenvalue weighted by Crippen LogP contribution is -2.30. The number of hydrogen-bond acceptors (Lipinski definition) is 2.